The van der Waals surface area contributed by atoms with Gasteiger partial charge >= 0.3 is 0 Å². The van der Waals surface area contributed by atoms with Gasteiger partial charge in [0.1, 0.15) is 11.4 Å². The van der Waals surface area contributed by atoms with E-state index in [2.05, 4.69) is 30.4 Å². The number of amides is 1. The van der Waals surface area contributed by atoms with Crippen molar-refractivity contribution in [1.82, 2.24) is 15.1 Å². The van der Waals surface area contributed by atoms with E-state index < -0.39 is 0 Å². The van der Waals surface area contributed by atoms with Crippen LogP contribution in [0.1, 0.15) is 45.9 Å². The van der Waals surface area contributed by atoms with Crippen molar-refractivity contribution in [2.24, 2.45) is 0 Å². The van der Waals surface area contributed by atoms with Crippen LogP contribution in [0.25, 0.3) is 16.9 Å². The number of fused-ring (bicyclic) bond motifs is 1. The molecule has 5 rings (SSSR count). The number of methoxy groups -OCH3 is 1. The van der Waals surface area contributed by atoms with E-state index in [1.165, 1.54) is 16.7 Å². The molecule has 5 nitrogen and oxygen atoms in total. The average molecular weight is 438 g/mol. The van der Waals surface area contributed by atoms with Gasteiger partial charge in [-0.2, -0.15) is 5.10 Å². The van der Waals surface area contributed by atoms with E-state index >= 15 is 0 Å². The molecule has 3 aromatic carbocycles. The Bertz CT molecular complexity index is 1290. The van der Waals surface area contributed by atoms with Crippen molar-refractivity contribution in [3.63, 3.8) is 0 Å². The Balaban J connectivity index is 1.54. The molecule has 1 N–H and O–H groups in total. The van der Waals surface area contributed by atoms with Gasteiger partial charge in [-0.3, -0.25) is 4.79 Å². The number of aromatic nitrogens is 2. The van der Waals surface area contributed by atoms with Gasteiger partial charge in [0.2, 0.25) is 0 Å². The quantitative estimate of drug-likeness (QED) is 0.438. The summed E-state index contributed by atoms with van der Waals surface area (Å²) in [4.78, 5) is 13.6. The van der Waals surface area contributed by atoms with Crippen LogP contribution >= 0.6 is 0 Å². The Labute approximate surface area is 194 Å². The number of carbonyl (C=O) groups is 1. The van der Waals surface area contributed by atoms with Crippen LogP contribution < -0.4 is 10.1 Å². The minimum atomic E-state index is -0.118. The summed E-state index contributed by atoms with van der Waals surface area (Å²) in [5, 5.41) is 8.10. The predicted molar refractivity (Wildman–Crippen MR) is 130 cm³/mol. The Morgan fingerprint density at radius 1 is 1.06 bits per heavy atom. The Morgan fingerprint density at radius 3 is 2.70 bits per heavy atom. The molecule has 0 saturated carbocycles. The summed E-state index contributed by atoms with van der Waals surface area (Å²) in [6.45, 7) is 2.05. The molecule has 1 atom stereocenters. The summed E-state index contributed by atoms with van der Waals surface area (Å²) in [5.41, 5.74) is 6.64. The Morgan fingerprint density at radius 2 is 1.88 bits per heavy atom. The third-order valence-corrected chi connectivity index (χ3v) is 6.28. The van der Waals surface area contributed by atoms with Crippen LogP contribution in [0.15, 0.2) is 79.0 Å². The third-order valence-electron chi connectivity index (χ3n) is 6.28. The molecule has 5 heteroatoms. The van der Waals surface area contributed by atoms with Crippen molar-refractivity contribution in [1.29, 1.82) is 0 Å². The Hall–Kier alpha value is -3.86. The largest absolute Gasteiger partial charge is 0.497 e. The zero-order valence-electron chi connectivity index (χ0n) is 18.9. The van der Waals surface area contributed by atoms with E-state index in [1.807, 2.05) is 60.8 Å². The van der Waals surface area contributed by atoms with Crippen molar-refractivity contribution in [3.05, 3.63) is 101 Å². The van der Waals surface area contributed by atoms with Crippen LogP contribution in [0.2, 0.25) is 0 Å². The fourth-order valence-electron chi connectivity index (χ4n) is 4.49. The van der Waals surface area contributed by atoms with Crippen LogP contribution in [-0.4, -0.2) is 22.8 Å². The maximum absolute atomic E-state index is 13.6. The van der Waals surface area contributed by atoms with Crippen molar-refractivity contribution in [3.8, 4) is 22.7 Å². The molecule has 0 fully saturated rings. The molecule has 0 radical (unpaired) electrons. The van der Waals surface area contributed by atoms with Gasteiger partial charge in [0.15, 0.2) is 0 Å². The molecule has 166 valence electrons. The highest BCUT2D eigenvalue weighted by Crippen LogP contribution is 2.31. The summed E-state index contributed by atoms with van der Waals surface area (Å²) in [6, 6.07) is 24.2. The molecule has 1 amide bonds. The number of ether oxygens (including phenoxy) is 1. The molecule has 33 heavy (non-hydrogen) atoms. The highest BCUT2D eigenvalue weighted by molar-refractivity contribution is 6.00. The van der Waals surface area contributed by atoms with E-state index in [0.29, 0.717) is 11.3 Å². The zero-order valence-corrected chi connectivity index (χ0v) is 18.9. The molecule has 0 bridgehead atoms. The van der Waals surface area contributed by atoms with Gasteiger partial charge in [-0.25, -0.2) is 4.68 Å². The number of aryl methyl sites for hydroxylation is 2. The molecule has 1 heterocycles. The summed E-state index contributed by atoms with van der Waals surface area (Å²) in [5.74, 6) is 0.609. The molecule has 0 spiro atoms. The Kier molecular flexibility index (Phi) is 5.69. The molecule has 1 aliphatic rings. The van der Waals surface area contributed by atoms with Gasteiger partial charge in [0, 0.05) is 11.8 Å². The second-order valence-electron chi connectivity index (χ2n) is 8.52. The van der Waals surface area contributed by atoms with E-state index in [0.717, 1.165) is 36.3 Å². The number of benzene rings is 3. The molecule has 4 aromatic rings. The second kappa shape index (κ2) is 8.94. The minimum Gasteiger partial charge on any atom is -0.497 e. The number of hydrogen-bond donors (Lipinski definition) is 1. The summed E-state index contributed by atoms with van der Waals surface area (Å²) in [6.07, 6.45) is 4.88. The highest BCUT2D eigenvalue weighted by Gasteiger charge is 2.25. The summed E-state index contributed by atoms with van der Waals surface area (Å²) in [7, 11) is 1.64. The van der Waals surface area contributed by atoms with Crippen LogP contribution in [-0.2, 0) is 6.42 Å². The second-order valence-corrected chi connectivity index (χ2v) is 8.52. The molecular formula is C28H27N3O2. The number of rotatable bonds is 5. The van der Waals surface area contributed by atoms with Crippen LogP contribution in [0.5, 0.6) is 5.75 Å². The molecular weight excluding hydrogens is 410 g/mol. The SMILES string of the molecule is COc1cccc(-c2nn(-c3ccc(C)cc3)cc2C(=O)NC2CCCc3ccccc32)c1. The lowest BCUT2D eigenvalue weighted by Crippen LogP contribution is -2.31. The van der Waals surface area contributed by atoms with Gasteiger partial charge in [-0.15, -0.1) is 0 Å². The van der Waals surface area contributed by atoms with Gasteiger partial charge in [0.25, 0.3) is 5.91 Å². The first-order chi connectivity index (χ1) is 16.1. The van der Waals surface area contributed by atoms with Gasteiger partial charge < -0.3 is 10.1 Å². The van der Waals surface area contributed by atoms with E-state index in [9.17, 15) is 4.79 Å². The smallest absolute Gasteiger partial charge is 0.255 e. The number of hydrogen-bond acceptors (Lipinski definition) is 3. The lowest BCUT2D eigenvalue weighted by Gasteiger charge is -2.26. The van der Waals surface area contributed by atoms with Crippen molar-refractivity contribution >= 4 is 5.91 Å². The zero-order chi connectivity index (χ0) is 22.8. The summed E-state index contributed by atoms with van der Waals surface area (Å²) < 4.78 is 7.18. The lowest BCUT2D eigenvalue weighted by molar-refractivity contribution is 0.0933. The van der Waals surface area contributed by atoms with Crippen LogP contribution in [0.3, 0.4) is 0 Å². The predicted octanol–water partition coefficient (Wildman–Crippen LogP) is 5.66. The average Bonchev–Trinajstić information content (AvgIpc) is 3.30. The molecule has 1 unspecified atom stereocenters. The van der Waals surface area contributed by atoms with E-state index in [-0.39, 0.29) is 11.9 Å². The van der Waals surface area contributed by atoms with Crippen molar-refractivity contribution < 1.29 is 9.53 Å². The van der Waals surface area contributed by atoms with Gasteiger partial charge in [-0.1, -0.05) is 54.1 Å². The minimum absolute atomic E-state index is 0.00309. The maximum Gasteiger partial charge on any atom is 0.255 e. The van der Waals surface area contributed by atoms with Crippen molar-refractivity contribution in [2.75, 3.05) is 7.11 Å². The maximum atomic E-state index is 13.6. The first-order valence-corrected chi connectivity index (χ1v) is 11.3. The number of nitrogens with one attached hydrogen (secondary N) is 1. The lowest BCUT2D eigenvalue weighted by atomic mass is 9.87. The normalized spacial score (nSPS) is 15.0. The van der Waals surface area contributed by atoms with Gasteiger partial charge in [-0.05, 0) is 61.6 Å². The third kappa shape index (κ3) is 4.27. The number of nitrogens with zero attached hydrogens (tertiary/aromatic N) is 2. The molecule has 1 aliphatic carbocycles. The van der Waals surface area contributed by atoms with Crippen LogP contribution in [0, 0.1) is 6.92 Å². The molecule has 0 saturated heterocycles. The van der Waals surface area contributed by atoms with Crippen molar-refractivity contribution in [2.45, 2.75) is 32.2 Å². The number of carbonyl (C=O) groups excluding carboxylic acids is 1. The molecule has 0 aliphatic heterocycles. The fourth-order valence-corrected chi connectivity index (χ4v) is 4.49. The fraction of sp³-hybridized carbons (Fsp3) is 0.214. The topological polar surface area (TPSA) is 56.2 Å². The van der Waals surface area contributed by atoms with E-state index in [4.69, 9.17) is 9.84 Å². The highest BCUT2D eigenvalue weighted by atomic mass is 16.5. The summed E-state index contributed by atoms with van der Waals surface area (Å²) >= 11 is 0. The van der Waals surface area contributed by atoms with Crippen LogP contribution in [0.4, 0.5) is 0 Å². The van der Waals surface area contributed by atoms with Gasteiger partial charge in [0.05, 0.1) is 24.4 Å². The van der Waals surface area contributed by atoms with E-state index in [1.54, 1.807) is 11.8 Å². The standard InChI is InChI=1S/C28H27N3O2/c1-19-13-15-22(16-14-19)31-18-25(27(30-31)21-9-5-10-23(17-21)33-2)28(32)29-26-12-6-8-20-7-3-4-11-24(20)26/h3-5,7,9-11,13-18,26H,6,8,12H2,1-2H3,(H,29,32). The first-order valence-electron chi connectivity index (χ1n) is 11.3. The molecule has 1 aromatic heterocycles. The monoisotopic (exact) mass is 437 g/mol. The first kappa shape index (κ1) is 21.0.